The molecule has 29 heavy (non-hydrogen) atoms. The average molecular weight is 450 g/mol. The molecule has 3 N–H and O–H groups in total. The number of halogens is 2. The van der Waals surface area contributed by atoms with Gasteiger partial charge in [0.25, 0.3) is 0 Å². The minimum atomic E-state index is -0.846. The molecular weight excluding hydrogens is 429 g/mol. The Kier molecular flexibility index (Phi) is 9.19. The van der Waals surface area contributed by atoms with Gasteiger partial charge in [-0.15, -0.1) is 11.8 Å². The van der Waals surface area contributed by atoms with Crippen molar-refractivity contribution in [2.24, 2.45) is 0 Å². The van der Waals surface area contributed by atoms with E-state index >= 15 is 0 Å². The van der Waals surface area contributed by atoms with Crippen LogP contribution in [0.4, 0.5) is 5.69 Å². The second-order valence-electron chi connectivity index (χ2n) is 5.94. The lowest BCUT2D eigenvalue weighted by Crippen LogP contribution is -2.10. The Labute approximate surface area is 184 Å². The molecule has 1 atom stereocenters. The molecule has 0 spiro atoms. The molecule has 0 heterocycles. The highest BCUT2D eigenvalue weighted by Gasteiger charge is 2.13. The van der Waals surface area contributed by atoms with Crippen LogP contribution < -0.4 is 10.5 Å². The van der Waals surface area contributed by atoms with Crippen LogP contribution in [0.3, 0.4) is 0 Å². The molecule has 0 fully saturated rings. The first-order valence-electron chi connectivity index (χ1n) is 8.73. The summed E-state index contributed by atoms with van der Waals surface area (Å²) in [5.41, 5.74) is 6.83. The number of nitrogen functional groups attached to an aromatic ring is 1. The quantitative estimate of drug-likeness (QED) is 0.336. The van der Waals surface area contributed by atoms with E-state index in [1.54, 1.807) is 31.2 Å². The lowest BCUT2D eigenvalue weighted by Gasteiger charge is -2.12. The molecule has 0 radical (unpaired) electrons. The third kappa shape index (κ3) is 7.54. The van der Waals surface area contributed by atoms with Gasteiger partial charge in [-0.25, -0.2) is 0 Å². The molecule has 0 aliphatic rings. The number of aliphatic carboxylic acids is 1. The van der Waals surface area contributed by atoms with Crippen LogP contribution in [0.2, 0.25) is 10.0 Å². The number of benzene rings is 3. The van der Waals surface area contributed by atoms with Crippen molar-refractivity contribution < 1.29 is 14.6 Å². The smallest absolute Gasteiger partial charge is 0.316 e. The van der Waals surface area contributed by atoms with Gasteiger partial charge in [0.05, 0.1) is 10.7 Å². The van der Waals surface area contributed by atoms with Gasteiger partial charge >= 0.3 is 5.97 Å². The molecule has 0 saturated heterocycles. The van der Waals surface area contributed by atoms with E-state index in [4.69, 9.17) is 38.8 Å². The number of hydrogen-bond acceptors (Lipinski definition) is 4. The van der Waals surface area contributed by atoms with E-state index < -0.39 is 11.2 Å². The molecule has 3 aromatic carbocycles. The van der Waals surface area contributed by atoms with E-state index in [0.717, 1.165) is 4.90 Å². The lowest BCUT2D eigenvalue weighted by molar-refractivity contribution is -0.136. The van der Waals surface area contributed by atoms with Gasteiger partial charge in [0.1, 0.15) is 17.6 Å². The third-order valence-electron chi connectivity index (χ3n) is 3.75. The van der Waals surface area contributed by atoms with Crippen molar-refractivity contribution in [3.8, 4) is 5.75 Å². The lowest BCUT2D eigenvalue weighted by atomic mass is 10.2. The molecule has 0 aromatic heterocycles. The Bertz CT molecular complexity index is 895. The first-order chi connectivity index (χ1) is 13.9. The number of rotatable bonds is 6. The van der Waals surface area contributed by atoms with Crippen molar-refractivity contribution in [2.75, 3.05) is 5.73 Å². The Morgan fingerprint density at radius 1 is 1.03 bits per heavy atom. The largest absolute Gasteiger partial charge is 0.489 e. The fourth-order valence-corrected chi connectivity index (χ4v) is 3.44. The molecule has 7 heteroatoms. The molecule has 1 unspecified atom stereocenters. The molecule has 0 aliphatic heterocycles. The van der Waals surface area contributed by atoms with Crippen LogP contribution >= 0.6 is 35.0 Å². The highest BCUT2D eigenvalue weighted by Crippen LogP contribution is 2.31. The monoisotopic (exact) mass is 449 g/mol. The molecule has 4 nitrogen and oxygen atoms in total. The van der Waals surface area contributed by atoms with Crippen LogP contribution in [0.25, 0.3) is 0 Å². The molecule has 0 bridgehead atoms. The van der Waals surface area contributed by atoms with Gasteiger partial charge in [0.2, 0.25) is 0 Å². The zero-order chi connectivity index (χ0) is 21.2. The van der Waals surface area contributed by atoms with E-state index in [-0.39, 0.29) is 6.61 Å². The van der Waals surface area contributed by atoms with E-state index in [0.29, 0.717) is 27.0 Å². The fourth-order valence-electron chi connectivity index (χ4n) is 2.16. The van der Waals surface area contributed by atoms with E-state index in [2.05, 4.69) is 0 Å². The minimum absolute atomic E-state index is 0.195. The van der Waals surface area contributed by atoms with Crippen LogP contribution in [0, 0.1) is 0 Å². The summed E-state index contributed by atoms with van der Waals surface area (Å²) in [5, 5.41) is 9.28. The predicted molar refractivity (Wildman–Crippen MR) is 121 cm³/mol. The summed E-state index contributed by atoms with van der Waals surface area (Å²) in [7, 11) is 0. The van der Waals surface area contributed by atoms with Gasteiger partial charge < -0.3 is 15.6 Å². The van der Waals surface area contributed by atoms with Gasteiger partial charge in [-0.2, -0.15) is 0 Å². The second-order valence-corrected chi connectivity index (χ2v) is 8.14. The molecule has 3 aromatic rings. The zero-order valence-corrected chi connectivity index (χ0v) is 18.0. The number of ether oxygens (including phenoxy) is 1. The number of thioether (sulfide) groups is 1. The van der Waals surface area contributed by atoms with Gasteiger partial charge in [-0.1, -0.05) is 59.6 Å². The normalized spacial score (nSPS) is 11.1. The van der Waals surface area contributed by atoms with Crippen molar-refractivity contribution in [1.82, 2.24) is 0 Å². The van der Waals surface area contributed by atoms with Crippen molar-refractivity contribution in [3.05, 3.63) is 88.4 Å². The summed E-state index contributed by atoms with van der Waals surface area (Å²) >= 11 is 13.5. The highest BCUT2D eigenvalue weighted by molar-refractivity contribution is 8.00. The first-order valence-corrected chi connectivity index (χ1v) is 10.4. The van der Waals surface area contributed by atoms with E-state index in [1.807, 2.05) is 48.5 Å². The maximum Gasteiger partial charge on any atom is 0.316 e. The number of hydrogen-bond donors (Lipinski definition) is 2. The number of nitrogens with two attached hydrogens (primary N) is 1. The number of anilines is 1. The SMILES string of the molecule is CC(Sc1ccc(OCc2c(Cl)ccc(N)c2Cl)cc1)C(=O)O.c1ccccc1. The second kappa shape index (κ2) is 11.6. The van der Waals surface area contributed by atoms with Crippen molar-refractivity contribution in [3.63, 3.8) is 0 Å². The van der Waals surface area contributed by atoms with Gasteiger partial charge in [-0.05, 0) is 43.3 Å². The maximum atomic E-state index is 10.8. The Morgan fingerprint density at radius 2 is 1.59 bits per heavy atom. The number of carboxylic acids is 1. The Hall–Kier alpha value is -2.34. The van der Waals surface area contributed by atoms with Crippen LogP contribution in [-0.2, 0) is 11.4 Å². The van der Waals surface area contributed by atoms with Crippen LogP contribution in [-0.4, -0.2) is 16.3 Å². The Morgan fingerprint density at radius 3 is 2.10 bits per heavy atom. The van der Waals surface area contributed by atoms with Crippen LogP contribution in [0.5, 0.6) is 5.75 Å². The van der Waals surface area contributed by atoms with Gasteiger partial charge in [0.15, 0.2) is 0 Å². The molecule has 152 valence electrons. The molecule has 0 saturated carbocycles. The van der Waals surface area contributed by atoms with E-state index in [9.17, 15) is 4.79 Å². The fraction of sp³-hybridized carbons (Fsp3) is 0.136. The highest BCUT2D eigenvalue weighted by atomic mass is 35.5. The summed E-state index contributed by atoms with van der Waals surface area (Å²) in [6, 6.07) is 22.5. The summed E-state index contributed by atoms with van der Waals surface area (Å²) in [6.07, 6.45) is 0. The zero-order valence-electron chi connectivity index (χ0n) is 15.7. The summed E-state index contributed by atoms with van der Waals surface area (Å²) in [6.45, 7) is 1.84. The number of carboxylic acid groups (broad SMARTS) is 1. The predicted octanol–water partition coefficient (Wildman–Crippen LogP) is 6.41. The van der Waals surface area contributed by atoms with Crippen molar-refractivity contribution in [1.29, 1.82) is 0 Å². The molecular formula is C22H21Cl2NO3S. The number of carbonyl (C=O) groups is 1. The summed E-state index contributed by atoms with van der Waals surface area (Å²) < 4.78 is 5.67. The third-order valence-corrected chi connectivity index (χ3v) is 5.65. The average Bonchev–Trinajstić information content (AvgIpc) is 2.73. The Balaban J connectivity index is 0.000000426. The van der Waals surface area contributed by atoms with Gasteiger partial charge in [-0.3, -0.25) is 4.79 Å². The van der Waals surface area contributed by atoms with Crippen LogP contribution in [0.1, 0.15) is 12.5 Å². The maximum absolute atomic E-state index is 10.8. The topological polar surface area (TPSA) is 72.5 Å². The molecule has 3 rings (SSSR count). The summed E-state index contributed by atoms with van der Waals surface area (Å²) in [4.78, 5) is 11.7. The molecule has 0 amide bonds. The first kappa shape index (κ1) is 22.9. The standard InChI is InChI=1S/C16H15Cl2NO3S.C6H6/c1-9(16(20)21)23-11-4-2-10(3-5-11)22-8-12-13(17)6-7-14(19)15(12)18;1-2-4-6-5-3-1/h2-7,9H,8,19H2,1H3,(H,20,21);1-6H. The molecule has 0 aliphatic carbocycles. The van der Waals surface area contributed by atoms with Gasteiger partial charge in [0, 0.05) is 15.5 Å². The van der Waals surface area contributed by atoms with Crippen molar-refractivity contribution >= 4 is 46.6 Å². The van der Waals surface area contributed by atoms with E-state index in [1.165, 1.54) is 11.8 Å². The van der Waals surface area contributed by atoms with Crippen LogP contribution in [0.15, 0.2) is 77.7 Å². The minimum Gasteiger partial charge on any atom is -0.489 e. The van der Waals surface area contributed by atoms with Crippen molar-refractivity contribution in [2.45, 2.75) is 23.7 Å². The summed E-state index contributed by atoms with van der Waals surface area (Å²) in [5.74, 6) is -0.215.